The molecule has 4 heteroatoms. The zero-order chi connectivity index (χ0) is 13.3. The minimum absolute atomic E-state index is 0.0399. The highest BCUT2D eigenvalue weighted by Crippen LogP contribution is 2.28. The summed E-state index contributed by atoms with van der Waals surface area (Å²) in [7, 11) is 0. The Balaban J connectivity index is 2.32. The van der Waals surface area contributed by atoms with Crippen LogP contribution in [0, 0.1) is 5.92 Å². The number of halogens is 1. The molecule has 1 aliphatic carbocycles. The number of carbonyl (C=O) groups excluding carboxylic acids is 1. The lowest BCUT2D eigenvalue weighted by atomic mass is 9.88. The Bertz CT molecular complexity index is 488. The Morgan fingerprint density at radius 1 is 1.56 bits per heavy atom. The van der Waals surface area contributed by atoms with Crippen LogP contribution in [0.5, 0.6) is 0 Å². The van der Waals surface area contributed by atoms with Crippen molar-refractivity contribution in [2.45, 2.75) is 46.1 Å². The second-order valence-corrected chi connectivity index (χ2v) is 5.72. The van der Waals surface area contributed by atoms with E-state index in [0.717, 1.165) is 24.8 Å². The predicted octanol–water partition coefficient (Wildman–Crippen LogP) is 4.05. The SMILES string of the molecule is CC1CC=C(C(=O)c2c(Cl)cnn2C(C)C)CC1. The Morgan fingerprint density at radius 2 is 2.28 bits per heavy atom. The van der Waals surface area contributed by atoms with Crippen LogP contribution in [0.2, 0.25) is 5.02 Å². The van der Waals surface area contributed by atoms with Crippen molar-refractivity contribution in [1.29, 1.82) is 0 Å². The van der Waals surface area contributed by atoms with E-state index in [1.165, 1.54) is 0 Å². The summed E-state index contributed by atoms with van der Waals surface area (Å²) >= 11 is 6.10. The third-order valence-corrected chi connectivity index (χ3v) is 3.70. The van der Waals surface area contributed by atoms with Gasteiger partial charge < -0.3 is 0 Å². The highest BCUT2D eigenvalue weighted by Gasteiger charge is 2.24. The molecule has 0 N–H and O–H groups in total. The summed E-state index contributed by atoms with van der Waals surface area (Å²) in [6, 6.07) is 0.138. The lowest BCUT2D eigenvalue weighted by Crippen LogP contribution is -2.16. The summed E-state index contributed by atoms with van der Waals surface area (Å²) in [5, 5.41) is 4.63. The molecule has 0 bridgehead atoms. The van der Waals surface area contributed by atoms with Crippen LogP contribution in [-0.4, -0.2) is 15.6 Å². The van der Waals surface area contributed by atoms with Crippen molar-refractivity contribution in [1.82, 2.24) is 9.78 Å². The van der Waals surface area contributed by atoms with Gasteiger partial charge in [-0.2, -0.15) is 5.10 Å². The molecule has 0 radical (unpaired) electrons. The van der Waals surface area contributed by atoms with Crippen LogP contribution in [0.3, 0.4) is 0 Å². The average molecular weight is 267 g/mol. The number of hydrogen-bond acceptors (Lipinski definition) is 2. The van der Waals surface area contributed by atoms with Crippen LogP contribution in [0.25, 0.3) is 0 Å². The normalized spacial score (nSPS) is 20.1. The highest BCUT2D eigenvalue weighted by atomic mass is 35.5. The van der Waals surface area contributed by atoms with Gasteiger partial charge in [-0.05, 0) is 44.6 Å². The van der Waals surface area contributed by atoms with Gasteiger partial charge in [0, 0.05) is 6.04 Å². The summed E-state index contributed by atoms with van der Waals surface area (Å²) in [6.45, 7) is 6.21. The number of nitrogens with zero attached hydrogens (tertiary/aromatic N) is 2. The smallest absolute Gasteiger partial charge is 0.208 e. The molecule has 98 valence electrons. The fourth-order valence-corrected chi connectivity index (χ4v) is 2.48. The van der Waals surface area contributed by atoms with E-state index in [1.54, 1.807) is 10.9 Å². The van der Waals surface area contributed by atoms with Gasteiger partial charge in [-0.3, -0.25) is 9.48 Å². The Morgan fingerprint density at radius 3 is 2.83 bits per heavy atom. The van der Waals surface area contributed by atoms with Crippen molar-refractivity contribution in [3.8, 4) is 0 Å². The maximum absolute atomic E-state index is 12.5. The predicted molar refractivity (Wildman–Crippen MR) is 73.1 cm³/mol. The molecule has 0 aliphatic heterocycles. The van der Waals surface area contributed by atoms with E-state index in [1.807, 2.05) is 13.8 Å². The molecule has 1 heterocycles. The maximum Gasteiger partial charge on any atom is 0.208 e. The van der Waals surface area contributed by atoms with Gasteiger partial charge in [-0.15, -0.1) is 0 Å². The van der Waals surface area contributed by atoms with Gasteiger partial charge in [0.1, 0.15) is 5.69 Å². The first-order valence-electron chi connectivity index (χ1n) is 6.47. The number of carbonyl (C=O) groups is 1. The van der Waals surface area contributed by atoms with E-state index in [2.05, 4.69) is 18.1 Å². The Kier molecular flexibility index (Phi) is 3.91. The molecule has 3 nitrogen and oxygen atoms in total. The van der Waals surface area contributed by atoms with Crippen molar-refractivity contribution < 1.29 is 4.79 Å². The van der Waals surface area contributed by atoms with Crippen LogP contribution in [0.15, 0.2) is 17.8 Å². The highest BCUT2D eigenvalue weighted by molar-refractivity contribution is 6.34. The summed E-state index contributed by atoms with van der Waals surface area (Å²) < 4.78 is 1.71. The van der Waals surface area contributed by atoms with Crippen LogP contribution in [0.4, 0.5) is 0 Å². The second kappa shape index (κ2) is 5.27. The molecule has 0 saturated carbocycles. The molecule has 1 aromatic heterocycles. The Hall–Kier alpha value is -1.09. The zero-order valence-electron chi connectivity index (χ0n) is 11.1. The molecule has 0 amide bonds. The van der Waals surface area contributed by atoms with Gasteiger partial charge >= 0.3 is 0 Å². The van der Waals surface area contributed by atoms with Crippen LogP contribution >= 0.6 is 11.6 Å². The molecular weight excluding hydrogens is 248 g/mol. The van der Waals surface area contributed by atoms with E-state index in [-0.39, 0.29) is 11.8 Å². The van der Waals surface area contributed by atoms with Crippen LogP contribution in [0.1, 0.15) is 56.6 Å². The molecule has 0 saturated heterocycles. The third kappa shape index (κ3) is 2.51. The van der Waals surface area contributed by atoms with Gasteiger partial charge in [-0.1, -0.05) is 24.6 Å². The van der Waals surface area contributed by atoms with Gasteiger partial charge in [-0.25, -0.2) is 0 Å². The second-order valence-electron chi connectivity index (χ2n) is 5.32. The molecule has 2 rings (SSSR count). The van der Waals surface area contributed by atoms with Gasteiger partial charge in [0.2, 0.25) is 5.78 Å². The lowest BCUT2D eigenvalue weighted by molar-refractivity contribution is 0.101. The first kappa shape index (κ1) is 13.3. The van der Waals surface area contributed by atoms with E-state index >= 15 is 0 Å². The van der Waals surface area contributed by atoms with E-state index in [0.29, 0.717) is 16.6 Å². The molecule has 0 fully saturated rings. The standard InChI is InChI=1S/C14H19ClN2O/c1-9(2)17-13(12(15)8-16-17)14(18)11-6-4-10(3)5-7-11/h6,8-10H,4-5,7H2,1-3H3. The van der Waals surface area contributed by atoms with Crippen molar-refractivity contribution in [3.63, 3.8) is 0 Å². The lowest BCUT2D eigenvalue weighted by Gasteiger charge is -2.18. The fraction of sp³-hybridized carbons (Fsp3) is 0.571. The molecule has 18 heavy (non-hydrogen) atoms. The maximum atomic E-state index is 12.5. The molecule has 0 aromatic carbocycles. The van der Waals surface area contributed by atoms with Crippen molar-refractivity contribution in [3.05, 3.63) is 28.6 Å². The molecular formula is C14H19ClN2O. The van der Waals surface area contributed by atoms with Crippen molar-refractivity contribution in [2.24, 2.45) is 5.92 Å². The number of hydrogen-bond donors (Lipinski definition) is 0. The molecule has 1 aromatic rings. The quantitative estimate of drug-likeness (QED) is 0.774. The minimum Gasteiger partial charge on any atom is -0.287 e. The van der Waals surface area contributed by atoms with Crippen LogP contribution < -0.4 is 0 Å². The average Bonchev–Trinajstić information content (AvgIpc) is 2.71. The van der Waals surface area contributed by atoms with Crippen LogP contribution in [-0.2, 0) is 0 Å². The summed E-state index contributed by atoms with van der Waals surface area (Å²) in [5.74, 6) is 0.713. The van der Waals surface area contributed by atoms with E-state index in [4.69, 9.17) is 11.6 Å². The molecule has 1 unspecified atom stereocenters. The van der Waals surface area contributed by atoms with Gasteiger partial charge in [0.15, 0.2) is 0 Å². The number of aromatic nitrogens is 2. The Labute approximate surface area is 113 Å². The zero-order valence-corrected chi connectivity index (χ0v) is 11.9. The largest absolute Gasteiger partial charge is 0.287 e. The molecule has 0 spiro atoms. The number of ketones is 1. The van der Waals surface area contributed by atoms with E-state index < -0.39 is 0 Å². The summed E-state index contributed by atoms with van der Waals surface area (Å²) in [6.07, 6.45) is 6.52. The first-order chi connectivity index (χ1) is 8.50. The van der Waals surface area contributed by atoms with Gasteiger partial charge in [0.05, 0.1) is 11.2 Å². The van der Waals surface area contributed by atoms with Crippen molar-refractivity contribution >= 4 is 17.4 Å². The monoisotopic (exact) mass is 266 g/mol. The van der Waals surface area contributed by atoms with Gasteiger partial charge in [0.25, 0.3) is 0 Å². The number of Topliss-reactive ketones (excluding diaryl/α,β-unsaturated/α-hetero) is 1. The van der Waals surface area contributed by atoms with Crippen molar-refractivity contribution in [2.75, 3.05) is 0 Å². The molecule has 1 atom stereocenters. The summed E-state index contributed by atoms with van der Waals surface area (Å²) in [4.78, 5) is 12.5. The third-order valence-electron chi connectivity index (χ3n) is 3.42. The minimum atomic E-state index is 0.0399. The summed E-state index contributed by atoms with van der Waals surface area (Å²) in [5.41, 5.74) is 1.42. The first-order valence-corrected chi connectivity index (χ1v) is 6.85. The number of allylic oxidation sites excluding steroid dienone is 2. The number of rotatable bonds is 3. The molecule has 1 aliphatic rings. The van der Waals surface area contributed by atoms with E-state index in [9.17, 15) is 4.79 Å². The topological polar surface area (TPSA) is 34.9 Å². The fourth-order valence-electron chi connectivity index (χ4n) is 2.27.